The van der Waals surface area contributed by atoms with Gasteiger partial charge in [0.1, 0.15) is 0 Å². The van der Waals surface area contributed by atoms with Crippen molar-refractivity contribution >= 4 is 5.91 Å². The van der Waals surface area contributed by atoms with Crippen molar-refractivity contribution in [3.05, 3.63) is 126 Å². The quantitative estimate of drug-likeness (QED) is 0.501. The third-order valence-electron chi connectivity index (χ3n) is 4.85. The summed E-state index contributed by atoms with van der Waals surface area (Å²) in [5, 5.41) is 3.14. The van der Waals surface area contributed by atoms with Gasteiger partial charge in [-0.3, -0.25) is 9.78 Å². The monoisotopic (exact) mass is 378 g/mol. The van der Waals surface area contributed by atoms with Crippen molar-refractivity contribution < 1.29 is 4.79 Å². The van der Waals surface area contributed by atoms with Crippen LogP contribution in [0, 0.1) is 0 Å². The van der Waals surface area contributed by atoms with Crippen molar-refractivity contribution in [2.24, 2.45) is 0 Å². The number of nitrogens with zero attached hydrogens (tertiary/aromatic N) is 1. The molecule has 0 aliphatic heterocycles. The van der Waals surface area contributed by atoms with Gasteiger partial charge in [-0.2, -0.15) is 0 Å². The summed E-state index contributed by atoms with van der Waals surface area (Å²) >= 11 is 0. The average Bonchev–Trinajstić information content (AvgIpc) is 2.80. The summed E-state index contributed by atoms with van der Waals surface area (Å²) in [6.45, 7) is 0. The van der Waals surface area contributed by atoms with Gasteiger partial charge >= 0.3 is 0 Å². The van der Waals surface area contributed by atoms with Gasteiger partial charge in [0.25, 0.3) is 0 Å². The van der Waals surface area contributed by atoms with E-state index in [1.54, 1.807) is 6.20 Å². The zero-order chi connectivity index (χ0) is 19.9. The largest absolute Gasteiger partial charge is 0.343 e. The molecule has 1 N–H and O–H groups in total. The Hall–Kier alpha value is -3.72. The summed E-state index contributed by atoms with van der Waals surface area (Å²) in [5.41, 5.74) is 5.13. The van der Waals surface area contributed by atoms with Crippen molar-refractivity contribution in [1.82, 2.24) is 10.3 Å². The van der Waals surface area contributed by atoms with Crippen LogP contribution < -0.4 is 5.32 Å². The highest BCUT2D eigenvalue weighted by Gasteiger charge is 2.18. The van der Waals surface area contributed by atoms with Crippen LogP contribution >= 0.6 is 0 Å². The molecular weight excluding hydrogens is 356 g/mol. The van der Waals surface area contributed by atoms with E-state index in [1.165, 1.54) is 5.56 Å². The lowest BCUT2D eigenvalue weighted by molar-refractivity contribution is -0.121. The van der Waals surface area contributed by atoms with Gasteiger partial charge in [-0.15, -0.1) is 0 Å². The Morgan fingerprint density at radius 2 is 1.34 bits per heavy atom. The molecule has 0 radical (unpaired) electrons. The van der Waals surface area contributed by atoms with E-state index in [0.29, 0.717) is 6.42 Å². The van der Waals surface area contributed by atoms with Crippen molar-refractivity contribution in [2.75, 3.05) is 0 Å². The van der Waals surface area contributed by atoms with Crippen LogP contribution in [-0.2, 0) is 11.2 Å². The number of pyridine rings is 1. The van der Waals surface area contributed by atoms with Crippen LogP contribution in [-0.4, -0.2) is 10.9 Å². The van der Waals surface area contributed by atoms with E-state index in [1.807, 2.05) is 78.9 Å². The molecular formula is C26H22N2O. The summed E-state index contributed by atoms with van der Waals surface area (Å²) in [4.78, 5) is 17.2. The molecule has 29 heavy (non-hydrogen) atoms. The molecule has 0 aliphatic rings. The summed E-state index contributed by atoms with van der Waals surface area (Å²) in [6.07, 6.45) is 2.07. The molecule has 0 spiro atoms. The van der Waals surface area contributed by atoms with Gasteiger partial charge in [0.15, 0.2) is 0 Å². The Bertz CT molecular complexity index is 1010. The molecule has 0 aliphatic carbocycles. The number of nitrogens with one attached hydrogen (secondary N) is 1. The lowest BCUT2D eigenvalue weighted by Gasteiger charge is -2.19. The molecule has 0 saturated carbocycles. The van der Waals surface area contributed by atoms with Gasteiger partial charge in [-0.25, -0.2) is 0 Å². The Labute approximate surface area is 171 Å². The molecule has 0 fully saturated rings. The summed E-state index contributed by atoms with van der Waals surface area (Å²) in [7, 11) is 0. The van der Waals surface area contributed by atoms with E-state index >= 15 is 0 Å². The number of carbonyl (C=O) groups excluding carboxylic acids is 1. The van der Waals surface area contributed by atoms with Crippen LogP contribution in [0.15, 0.2) is 109 Å². The topological polar surface area (TPSA) is 42.0 Å². The highest BCUT2D eigenvalue weighted by Crippen LogP contribution is 2.21. The van der Waals surface area contributed by atoms with Gasteiger partial charge < -0.3 is 5.32 Å². The molecule has 142 valence electrons. The molecule has 3 heteroatoms. The van der Waals surface area contributed by atoms with E-state index in [9.17, 15) is 4.79 Å². The summed E-state index contributed by atoms with van der Waals surface area (Å²) in [5.74, 6) is -0.0306. The molecule has 1 atom stereocenters. The normalized spacial score (nSPS) is 11.6. The van der Waals surface area contributed by atoms with Gasteiger partial charge in [0.05, 0.1) is 18.2 Å². The van der Waals surface area contributed by atoms with Crippen LogP contribution in [0.5, 0.6) is 0 Å². The Morgan fingerprint density at radius 3 is 2.00 bits per heavy atom. The predicted molar refractivity (Wildman–Crippen MR) is 116 cm³/mol. The van der Waals surface area contributed by atoms with E-state index in [4.69, 9.17) is 0 Å². The third-order valence-corrected chi connectivity index (χ3v) is 4.85. The number of hydrogen-bond donors (Lipinski definition) is 1. The van der Waals surface area contributed by atoms with Crippen LogP contribution in [0.4, 0.5) is 0 Å². The van der Waals surface area contributed by atoms with Gasteiger partial charge in [0.2, 0.25) is 5.91 Å². The second kappa shape index (κ2) is 8.98. The highest BCUT2D eigenvalue weighted by atomic mass is 16.1. The second-order valence-electron chi connectivity index (χ2n) is 6.91. The van der Waals surface area contributed by atoms with Crippen LogP contribution in [0.2, 0.25) is 0 Å². The molecule has 0 unspecified atom stereocenters. The minimum absolute atomic E-state index is 0.0306. The van der Waals surface area contributed by atoms with Crippen LogP contribution in [0.25, 0.3) is 11.1 Å². The van der Waals surface area contributed by atoms with Crippen molar-refractivity contribution in [3.8, 4) is 11.1 Å². The van der Waals surface area contributed by atoms with Gasteiger partial charge in [0, 0.05) is 6.20 Å². The van der Waals surface area contributed by atoms with E-state index < -0.39 is 0 Å². The molecule has 0 bridgehead atoms. The standard InChI is InChI=1S/C26H22N2O/c29-25(19-20-14-16-22(17-15-20)21-9-3-1-4-10-21)28-26(23-11-5-2-6-12-23)24-13-7-8-18-27-24/h1-18,26H,19H2,(H,28,29)/t26-/m0/s1. The first kappa shape index (κ1) is 18.6. The third kappa shape index (κ3) is 4.77. The molecule has 1 heterocycles. The Kier molecular flexibility index (Phi) is 5.77. The number of rotatable bonds is 6. The first-order valence-electron chi connectivity index (χ1n) is 9.69. The molecule has 3 nitrogen and oxygen atoms in total. The Morgan fingerprint density at radius 1 is 0.724 bits per heavy atom. The minimum atomic E-state index is -0.270. The lowest BCUT2D eigenvalue weighted by Crippen LogP contribution is -2.31. The fraction of sp³-hybridized carbons (Fsp3) is 0.0769. The van der Waals surface area contributed by atoms with Crippen molar-refractivity contribution in [1.29, 1.82) is 0 Å². The minimum Gasteiger partial charge on any atom is -0.343 e. The predicted octanol–water partition coefficient (Wildman–Crippen LogP) is 5.20. The molecule has 4 rings (SSSR count). The first-order valence-corrected chi connectivity index (χ1v) is 9.69. The number of aromatic nitrogens is 1. The van der Waals surface area contributed by atoms with E-state index in [0.717, 1.165) is 22.4 Å². The fourth-order valence-electron chi connectivity index (χ4n) is 3.36. The zero-order valence-electron chi connectivity index (χ0n) is 16.0. The lowest BCUT2D eigenvalue weighted by atomic mass is 10.0. The smallest absolute Gasteiger partial charge is 0.225 e. The highest BCUT2D eigenvalue weighted by molar-refractivity contribution is 5.79. The fourth-order valence-corrected chi connectivity index (χ4v) is 3.36. The number of benzene rings is 3. The van der Waals surface area contributed by atoms with Crippen molar-refractivity contribution in [2.45, 2.75) is 12.5 Å². The maximum atomic E-state index is 12.8. The zero-order valence-corrected chi connectivity index (χ0v) is 16.0. The second-order valence-corrected chi connectivity index (χ2v) is 6.91. The summed E-state index contributed by atoms with van der Waals surface area (Å²) in [6, 6.07) is 33.8. The van der Waals surface area contributed by atoms with Crippen LogP contribution in [0.3, 0.4) is 0 Å². The first-order chi connectivity index (χ1) is 14.3. The molecule has 1 amide bonds. The molecule has 0 saturated heterocycles. The van der Waals surface area contributed by atoms with E-state index in [-0.39, 0.29) is 11.9 Å². The SMILES string of the molecule is O=C(Cc1ccc(-c2ccccc2)cc1)N[C@@H](c1ccccc1)c1ccccn1. The number of hydrogen-bond acceptors (Lipinski definition) is 2. The maximum absolute atomic E-state index is 12.8. The Balaban J connectivity index is 1.48. The maximum Gasteiger partial charge on any atom is 0.225 e. The molecule has 4 aromatic rings. The summed E-state index contributed by atoms with van der Waals surface area (Å²) < 4.78 is 0. The number of carbonyl (C=O) groups is 1. The molecule has 1 aromatic heterocycles. The van der Waals surface area contributed by atoms with Crippen LogP contribution in [0.1, 0.15) is 22.9 Å². The van der Waals surface area contributed by atoms with Gasteiger partial charge in [-0.05, 0) is 34.4 Å². The molecule has 3 aromatic carbocycles. The van der Waals surface area contributed by atoms with Crippen molar-refractivity contribution in [3.63, 3.8) is 0 Å². The van der Waals surface area contributed by atoms with E-state index in [2.05, 4.69) is 34.6 Å². The van der Waals surface area contributed by atoms with Gasteiger partial charge in [-0.1, -0.05) is 91.0 Å². The average molecular weight is 378 g/mol. The number of amides is 1.